The van der Waals surface area contributed by atoms with E-state index in [0.29, 0.717) is 22.5 Å². The van der Waals surface area contributed by atoms with E-state index in [1.165, 1.54) is 11.3 Å². The molecule has 5 rings (SSSR count). The minimum absolute atomic E-state index is 0.280. The average Bonchev–Trinajstić information content (AvgIpc) is 3.73. The zero-order valence-corrected chi connectivity index (χ0v) is 23.7. The average molecular weight is 556 g/mol. The molecule has 38 heavy (non-hydrogen) atoms. The number of hydrogen-bond acceptors (Lipinski definition) is 8. The summed E-state index contributed by atoms with van der Waals surface area (Å²) in [6.45, 7) is 10.1. The molecule has 0 bridgehead atoms. The van der Waals surface area contributed by atoms with Gasteiger partial charge < -0.3 is 20.4 Å². The third kappa shape index (κ3) is 5.82. The molecule has 0 atom stereocenters. The fraction of sp³-hybridized carbons (Fsp3) is 0.407. The van der Waals surface area contributed by atoms with E-state index < -0.39 is 10.0 Å². The first kappa shape index (κ1) is 26.5. The highest BCUT2D eigenvalue weighted by molar-refractivity contribution is 7.93. The van der Waals surface area contributed by atoms with Crippen molar-refractivity contribution in [2.45, 2.75) is 38.9 Å². The van der Waals surface area contributed by atoms with Gasteiger partial charge in [0.2, 0.25) is 16.0 Å². The van der Waals surface area contributed by atoms with Gasteiger partial charge in [0.05, 0.1) is 17.1 Å². The molecular weight excluding hydrogens is 522 g/mol. The molecule has 1 aromatic heterocycles. The number of hydrogen-bond donors (Lipinski definition) is 3. The summed E-state index contributed by atoms with van der Waals surface area (Å²) in [6, 6.07) is 9.89. The Kier molecular flexibility index (Phi) is 7.39. The van der Waals surface area contributed by atoms with Gasteiger partial charge in [-0.15, -0.1) is 0 Å². The van der Waals surface area contributed by atoms with Crippen LogP contribution in [0, 0.1) is 20.8 Å². The number of nitrogens with one attached hydrogen (secondary N) is 3. The van der Waals surface area contributed by atoms with Crippen molar-refractivity contribution in [2.24, 2.45) is 0 Å². The predicted molar refractivity (Wildman–Crippen MR) is 156 cm³/mol. The van der Waals surface area contributed by atoms with Gasteiger partial charge in [-0.3, -0.25) is 4.72 Å². The van der Waals surface area contributed by atoms with Gasteiger partial charge in [0.15, 0.2) is 5.82 Å². The fourth-order valence-corrected chi connectivity index (χ4v) is 6.18. The van der Waals surface area contributed by atoms with Crippen LogP contribution in [-0.2, 0) is 10.0 Å². The van der Waals surface area contributed by atoms with E-state index in [0.717, 1.165) is 61.5 Å². The molecule has 2 aromatic carbocycles. The molecule has 1 aliphatic carbocycles. The second kappa shape index (κ2) is 10.6. The monoisotopic (exact) mass is 555 g/mol. The Labute approximate surface area is 229 Å². The van der Waals surface area contributed by atoms with E-state index >= 15 is 0 Å². The van der Waals surface area contributed by atoms with E-state index in [1.54, 1.807) is 12.3 Å². The van der Waals surface area contributed by atoms with Crippen molar-refractivity contribution < 1.29 is 8.42 Å². The zero-order chi connectivity index (χ0) is 27.0. The summed E-state index contributed by atoms with van der Waals surface area (Å²) < 4.78 is 27.5. The summed E-state index contributed by atoms with van der Waals surface area (Å²) in [6.07, 6.45) is 3.00. The van der Waals surface area contributed by atoms with Crippen LogP contribution >= 0.6 is 11.6 Å². The molecule has 202 valence electrons. The number of likely N-dealkylation sites (N-methyl/N-ethyl adjacent to an activating group) is 1. The summed E-state index contributed by atoms with van der Waals surface area (Å²) in [5.74, 6) is 0.885. The Bertz CT molecular complexity index is 1450. The van der Waals surface area contributed by atoms with Crippen molar-refractivity contribution in [3.05, 3.63) is 58.2 Å². The third-order valence-corrected chi connectivity index (χ3v) is 9.43. The number of nitrogens with zero attached hydrogens (tertiary/aromatic N) is 4. The molecule has 2 fully saturated rings. The molecule has 11 heteroatoms. The SMILES string of the molecule is Cc1cc(Nc2ncc(Cl)c(Nc3ccc(NS(=O)(=O)C4CC4)c(C)c3C)n2)ccc1N1CCN(C)CC1. The largest absolute Gasteiger partial charge is 0.369 e. The summed E-state index contributed by atoms with van der Waals surface area (Å²) in [5, 5.41) is 6.68. The summed E-state index contributed by atoms with van der Waals surface area (Å²) in [4.78, 5) is 13.7. The van der Waals surface area contributed by atoms with Crippen molar-refractivity contribution >= 4 is 56.1 Å². The highest BCUT2D eigenvalue weighted by Gasteiger charge is 2.36. The van der Waals surface area contributed by atoms with Crippen LogP contribution in [0.2, 0.25) is 5.02 Å². The number of anilines is 6. The van der Waals surface area contributed by atoms with Crippen LogP contribution in [0.4, 0.5) is 34.5 Å². The Morgan fingerprint density at radius 3 is 2.32 bits per heavy atom. The van der Waals surface area contributed by atoms with Crippen LogP contribution in [0.5, 0.6) is 0 Å². The van der Waals surface area contributed by atoms with Crippen LogP contribution in [0.3, 0.4) is 0 Å². The van der Waals surface area contributed by atoms with Crippen LogP contribution in [0.25, 0.3) is 0 Å². The zero-order valence-electron chi connectivity index (χ0n) is 22.2. The lowest BCUT2D eigenvalue weighted by molar-refractivity contribution is 0.312. The number of benzene rings is 2. The van der Waals surface area contributed by atoms with Crippen LogP contribution in [0.15, 0.2) is 36.5 Å². The standard InChI is InChI=1S/C27H34ClN7O2S/c1-17-15-20(5-10-25(17)35-13-11-34(4)12-14-35)30-27-29-16-22(28)26(32-27)31-23-8-9-24(19(3)18(23)2)33-38(36,37)21-6-7-21/h5,8-10,15-16,21,33H,6-7,11-14H2,1-4H3,(H2,29,30,31,32). The number of aryl methyl sites for hydroxylation is 1. The molecule has 3 N–H and O–H groups in total. The van der Waals surface area contributed by atoms with Gasteiger partial charge in [0, 0.05) is 43.2 Å². The first-order valence-electron chi connectivity index (χ1n) is 12.8. The van der Waals surface area contributed by atoms with Gasteiger partial charge in [0.1, 0.15) is 5.02 Å². The second-order valence-corrected chi connectivity index (χ2v) is 12.6. The topological polar surface area (TPSA) is 102 Å². The van der Waals surface area contributed by atoms with Crippen molar-refractivity contribution in [1.82, 2.24) is 14.9 Å². The van der Waals surface area contributed by atoms with E-state index in [9.17, 15) is 8.42 Å². The normalized spacial score (nSPS) is 16.4. The minimum atomic E-state index is -3.33. The predicted octanol–water partition coefficient (Wildman–Crippen LogP) is 5.20. The van der Waals surface area contributed by atoms with Gasteiger partial charge in [-0.1, -0.05) is 11.6 Å². The second-order valence-electron chi connectivity index (χ2n) is 10.2. The molecule has 0 spiro atoms. The van der Waals surface area contributed by atoms with Crippen molar-refractivity contribution in [1.29, 1.82) is 0 Å². The molecule has 2 heterocycles. The van der Waals surface area contributed by atoms with Gasteiger partial charge in [0.25, 0.3) is 0 Å². The van der Waals surface area contributed by atoms with E-state index in [4.69, 9.17) is 11.6 Å². The molecule has 1 saturated heterocycles. The van der Waals surface area contributed by atoms with Gasteiger partial charge in [-0.2, -0.15) is 4.98 Å². The van der Waals surface area contributed by atoms with Gasteiger partial charge >= 0.3 is 0 Å². The molecule has 1 aliphatic heterocycles. The Morgan fingerprint density at radius 1 is 0.947 bits per heavy atom. The molecule has 0 radical (unpaired) electrons. The maximum absolute atomic E-state index is 12.4. The van der Waals surface area contributed by atoms with Crippen LogP contribution in [0.1, 0.15) is 29.5 Å². The molecule has 9 nitrogen and oxygen atoms in total. The highest BCUT2D eigenvalue weighted by atomic mass is 35.5. The van der Waals surface area contributed by atoms with Crippen molar-refractivity contribution in [3.63, 3.8) is 0 Å². The number of rotatable bonds is 8. The first-order chi connectivity index (χ1) is 18.1. The Morgan fingerprint density at radius 2 is 1.63 bits per heavy atom. The van der Waals surface area contributed by atoms with E-state index in [-0.39, 0.29) is 5.25 Å². The lowest BCUT2D eigenvalue weighted by atomic mass is 10.1. The van der Waals surface area contributed by atoms with Gasteiger partial charge in [-0.05, 0) is 87.7 Å². The Hall–Kier alpha value is -3.08. The quantitative estimate of drug-likeness (QED) is 0.348. The fourth-order valence-electron chi connectivity index (χ4n) is 4.59. The van der Waals surface area contributed by atoms with Crippen molar-refractivity contribution in [2.75, 3.05) is 53.5 Å². The lowest BCUT2D eigenvalue weighted by Gasteiger charge is -2.35. The molecule has 3 aromatic rings. The minimum Gasteiger partial charge on any atom is -0.369 e. The maximum Gasteiger partial charge on any atom is 0.235 e. The van der Waals surface area contributed by atoms with E-state index in [1.807, 2.05) is 26.0 Å². The summed E-state index contributed by atoms with van der Waals surface area (Å²) in [7, 11) is -1.18. The number of sulfonamides is 1. The summed E-state index contributed by atoms with van der Waals surface area (Å²) >= 11 is 6.43. The van der Waals surface area contributed by atoms with Crippen LogP contribution in [-0.4, -0.2) is 61.8 Å². The molecule has 1 saturated carbocycles. The highest BCUT2D eigenvalue weighted by Crippen LogP contribution is 2.34. The molecular formula is C27H34ClN7O2S. The van der Waals surface area contributed by atoms with Gasteiger partial charge in [-0.25, -0.2) is 13.4 Å². The number of piperazine rings is 1. The third-order valence-electron chi connectivity index (χ3n) is 7.30. The number of aromatic nitrogens is 2. The smallest absolute Gasteiger partial charge is 0.235 e. The van der Waals surface area contributed by atoms with Crippen molar-refractivity contribution in [3.8, 4) is 0 Å². The number of halogens is 1. The van der Waals surface area contributed by atoms with Crippen LogP contribution < -0.4 is 20.3 Å². The molecule has 2 aliphatic rings. The maximum atomic E-state index is 12.4. The molecule has 0 unspecified atom stereocenters. The first-order valence-corrected chi connectivity index (χ1v) is 14.8. The lowest BCUT2D eigenvalue weighted by Crippen LogP contribution is -2.44. The molecule has 0 amide bonds. The Balaban J connectivity index is 1.31. The van der Waals surface area contributed by atoms with E-state index in [2.05, 4.69) is 61.2 Å². The summed E-state index contributed by atoms with van der Waals surface area (Å²) in [5.41, 5.74) is 6.46.